The molecule has 3 heteroatoms. The molecule has 0 amide bonds. The number of aromatic nitrogens is 2. The Balaban J connectivity index is 1.83. The zero-order chi connectivity index (χ0) is 19.7. The molecule has 0 N–H and O–H groups in total. The SMILES string of the molecule is Cc1ccccc1-n1c(C)[n+](C)c2ccc3c(ccc4c5ccccc5oc43)c21. The van der Waals surface area contributed by atoms with Crippen molar-refractivity contribution in [2.75, 3.05) is 0 Å². The fourth-order valence-electron chi connectivity index (χ4n) is 4.66. The molecule has 0 fully saturated rings. The van der Waals surface area contributed by atoms with Crippen LogP contribution in [-0.4, -0.2) is 4.57 Å². The highest BCUT2D eigenvalue weighted by Crippen LogP contribution is 2.37. The molecule has 2 aromatic heterocycles. The molecule has 0 atom stereocenters. The number of furan rings is 1. The third-order valence-electron chi connectivity index (χ3n) is 6.24. The summed E-state index contributed by atoms with van der Waals surface area (Å²) < 4.78 is 10.9. The third kappa shape index (κ3) is 2.10. The number of fused-ring (bicyclic) bond motifs is 7. The first-order chi connectivity index (χ1) is 14.1. The first-order valence-electron chi connectivity index (χ1n) is 9.95. The van der Waals surface area contributed by atoms with E-state index in [1.54, 1.807) is 0 Å². The fraction of sp³-hybridized carbons (Fsp3) is 0.115. The van der Waals surface area contributed by atoms with Crippen LogP contribution in [-0.2, 0) is 7.05 Å². The van der Waals surface area contributed by atoms with Crippen LogP contribution in [0, 0.1) is 13.8 Å². The van der Waals surface area contributed by atoms with Gasteiger partial charge in [0.1, 0.15) is 16.9 Å². The molecule has 0 saturated carbocycles. The summed E-state index contributed by atoms with van der Waals surface area (Å²) in [5.74, 6) is 1.20. The molecule has 6 rings (SSSR count). The lowest BCUT2D eigenvalue weighted by molar-refractivity contribution is -0.652. The smallest absolute Gasteiger partial charge is 0.259 e. The minimum atomic E-state index is 0.936. The number of imidazole rings is 1. The Morgan fingerprint density at radius 2 is 1.41 bits per heavy atom. The van der Waals surface area contributed by atoms with E-state index in [1.807, 2.05) is 12.1 Å². The lowest BCUT2D eigenvalue weighted by atomic mass is 10.0. The second-order valence-electron chi connectivity index (χ2n) is 7.80. The van der Waals surface area contributed by atoms with Gasteiger partial charge in [-0.05, 0) is 48.9 Å². The highest BCUT2D eigenvalue weighted by Gasteiger charge is 2.25. The molecular weight excluding hydrogens is 356 g/mol. The van der Waals surface area contributed by atoms with Crippen molar-refractivity contribution >= 4 is 43.7 Å². The van der Waals surface area contributed by atoms with E-state index < -0.39 is 0 Å². The lowest BCUT2D eigenvalue weighted by Crippen LogP contribution is -2.30. The second kappa shape index (κ2) is 5.71. The maximum Gasteiger partial charge on any atom is 0.259 e. The Morgan fingerprint density at radius 1 is 0.724 bits per heavy atom. The number of aryl methyl sites for hydroxylation is 2. The Kier molecular flexibility index (Phi) is 3.22. The van der Waals surface area contributed by atoms with E-state index in [9.17, 15) is 0 Å². The van der Waals surface area contributed by atoms with Crippen LogP contribution in [0.2, 0.25) is 0 Å². The van der Waals surface area contributed by atoms with Crippen molar-refractivity contribution in [1.29, 1.82) is 0 Å². The Morgan fingerprint density at radius 3 is 2.28 bits per heavy atom. The summed E-state index contributed by atoms with van der Waals surface area (Å²) in [6.45, 7) is 4.35. The molecule has 0 aliphatic heterocycles. The van der Waals surface area contributed by atoms with Crippen LogP contribution in [0.5, 0.6) is 0 Å². The average Bonchev–Trinajstić information content (AvgIpc) is 3.24. The van der Waals surface area contributed by atoms with Gasteiger partial charge in [0.2, 0.25) is 0 Å². The van der Waals surface area contributed by atoms with Crippen molar-refractivity contribution in [2.45, 2.75) is 13.8 Å². The zero-order valence-corrected chi connectivity index (χ0v) is 16.7. The summed E-state index contributed by atoms with van der Waals surface area (Å²) in [6, 6.07) is 25.7. The first-order valence-corrected chi connectivity index (χ1v) is 9.95. The molecule has 0 aliphatic carbocycles. The minimum absolute atomic E-state index is 0.936. The molecule has 2 heterocycles. The predicted molar refractivity (Wildman–Crippen MR) is 119 cm³/mol. The first kappa shape index (κ1) is 16.4. The fourth-order valence-corrected chi connectivity index (χ4v) is 4.66. The van der Waals surface area contributed by atoms with Crippen molar-refractivity contribution in [2.24, 2.45) is 7.05 Å². The molecule has 0 unspecified atom stereocenters. The summed E-state index contributed by atoms with van der Waals surface area (Å²) in [4.78, 5) is 0. The summed E-state index contributed by atoms with van der Waals surface area (Å²) in [6.07, 6.45) is 0. The van der Waals surface area contributed by atoms with Crippen molar-refractivity contribution in [1.82, 2.24) is 4.57 Å². The van der Waals surface area contributed by atoms with Gasteiger partial charge in [-0.2, -0.15) is 4.57 Å². The van der Waals surface area contributed by atoms with Crippen LogP contribution >= 0.6 is 0 Å². The number of para-hydroxylation sites is 2. The largest absolute Gasteiger partial charge is 0.455 e. The van der Waals surface area contributed by atoms with Crippen molar-refractivity contribution in [3.05, 3.63) is 84.2 Å². The van der Waals surface area contributed by atoms with E-state index in [-0.39, 0.29) is 0 Å². The van der Waals surface area contributed by atoms with E-state index in [0.29, 0.717) is 0 Å². The van der Waals surface area contributed by atoms with Crippen LogP contribution in [0.3, 0.4) is 0 Å². The normalized spacial score (nSPS) is 12.0. The summed E-state index contributed by atoms with van der Waals surface area (Å²) in [5, 5.41) is 4.70. The molecule has 3 nitrogen and oxygen atoms in total. The van der Waals surface area contributed by atoms with E-state index in [2.05, 4.69) is 90.7 Å². The van der Waals surface area contributed by atoms with E-state index >= 15 is 0 Å². The van der Waals surface area contributed by atoms with E-state index in [0.717, 1.165) is 16.6 Å². The summed E-state index contributed by atoms with van der Waals surface area (Å²) >= 11 is 0. The molecule has 6 aromatic rings. The molecular formula is C26H21N2O+. The summed E-state index contributed by atoms with van der Waals surface area (Å²) in [5.41, 5.74) is 6.81. The van der Waals surface area contributed by atoms with Crippen molar-refractivity contribution in [3.63, 3.8) is 0 Å². The molecule has 0 saturated heterocycles. The van der Waals surface area contributed by atoms with Crippen LogP contribution in [0.25, 0.3) is 49.4 Å². The Bertz CT molecular complexity index is 1580. The van der Waals surface area contributed by atoms with Gasteiger partial charge >= 0.3 is 0 Å². The predicted octanol–water partition coefficient (Wildman–Crippen LogP) is 6.12. The van der Waals surface area contributed by atoms with Gasteiger partial charge in [0, 0.05) is 28.5 Å². The monoisotopic (exact) mass is 377 g/mol. The number of hydrogen-bond donors (Lipinski definition) is 0. The lowest BCUT2D eigenvalue weighted by Gasteiger charge is -2.05. The summed E-state index contributed by atoms with van der Waals surface area (Å²) in [7, 11) is 2.14. The highest BCUT2D eigenvalue weighted by atomic mass is 16.3. The van der Waals surface area contributed by atoms with Gasteiger partial charge in [-0.3, -0.25) is 0 Å². The molecule has 4 aromatic carbocycles. The van der Waals surface area contributed by atoms with E-state index in [4.69, 9.17) is 4.42 Å². The van der Waals surface area contributed by atoms with E-state index in [1.165, 1.54) is 44.3 Å². The van der Waals surface area contributed by atoms with Crippen LogP contribution in [0.15, 0.2) is 77.2 Å². The zero-order valence-electron chi connectivity index (χ0n) is 16.7. The molecule has 140 valence electrons. The topological polar surface area (TPSA) is 21.9 Å². The van der Waals surface area contributed by atoms with Crippen molar-refractivity contribution in [3.8, 4) is 5.69 Å². The standard InChI is InChI=1S/C26H21N2O/c1-16-8-4-6-10-22(16)28-17(2)27(3)23-15-14-21-19(25(23)28)12-13-20-18-9-5-7-11-24(18)29-26(20)21/h4-15H,1-3H3/q+1. The maximum atomic E-state index is 6.30. The molecule has 0 bridgehead atoms. The Labute approximate surface area is 168 Å². The number of nitrogens with zero attached hydrogens (tertiary/aromatic N) is 2. The van der Waals surface area contributed by atoms with Gasteiger partial charge in [-0.15, -0.1) is 0 Å². The van der Waals surface area contributed by atoms with Crippen LogP contribution < -0.4 is 4.57 Å². The minimum Gasteiger partial charge on any atom is -0.455 e. The quantitative estimate of drug-likeness (QED) is 0.316. The van der Waals surface area contributed by atoms with Gasteiger partial charge in [0.25, 0.3) is 5.82 Å². The molecule has 0 spiro atoms. The van der Waals surface area contributed by atoms with Gasteiger partial charge in [-0.25, -0.2) is 4.57 Å². The maximum absolute atomic E-state index is 6.30. The molecule has 0 radical (unpaired) electrons. The number of hydrogen-bond acceptors (Lipinski definition) is 1. The number of rotatable bonds is 1. The molecule has 29 heavy (non-hydrogen) atoms. The van der Waals surface area contributed by atoms with Gasteiger partial charge in [-0.1, -0.05) is 36.4 Å². The van der Waals surface area contributed by atoms with Crippen molar-refractivity contribution < 1.29 is 8.98 Å². The van der Waals surface area contributed by atoms with Gasteiger partial charge < -0.3 is 4.42 Å². The second-order valence-corrected chi connectivity index (χ2v) is 7.80. The number of benzene rings is 4. The highest BCUT2D eigenvalue weighted by molar-refractivity contribution is 6.19. The average molecular weight is 377 g/mol. The van der Waals surface area contributed by atoms with Crippen LogP contribution in [0.1, 0.15) is 11.4 Å². The van der Waals surface area contributed by atoms with Gasteiger partial charge in [0.15, 0.2) is 11.0 Å². The van der Waals surface area contributed by atoms with Crippen LogP contribution in [0.4, 0.5) is 0 Å². The molecule has 0 aliphatic rings. The third-order valence-corrected chi connectivity index (χ3v) is 6.24. The van der Waals surface area contributed by atoms with Gasteiger partial charge in [0.05, 0.1) is 7.05 Å². The Hall–Kier alpha value is -3.59.